The van der Waals surface area contributed by atoms with Crippen molar-refractivity contribution in [3.8, 4) is 11.3 Å². The van der Waals surface area contributed by atoms with E-state index in [2.05, 4.69) is 23.1 Å². The molecule has 0 radical (unpaired) electrons. The van der Waals surface area contributed by atoms with Crippen LogP contribution in [0.1, 0.15) is 16.1 Å². The predicted molar refractivity (Wildman–Crippen MR) is 70.7 cm³/mol. The quantitative estimate of drug-likeness (QED) is 0.837. The van der Waals surface area contributed by atoms with E-state index < -0.39 is 0 Å². The van der Waals surface area contributed by atoms with E-state index in [-0.39, 0.29) is 5.91 Å². The molecule has 0 aliphatic rings. The van der Waals surface area contributed by atoms with Crippen molar-refractivity contribution in [2.45, 2.75) is 6.92 Å². The van der Waals surface area contributed by atoms with Crippen LogP contribution in [0.4, 0.5) is 0 Å². The predicted octanol–water partition coefficient (Wildman–Crippen LogP) is 2.37. The molecule has 0 unspecified atom stereocenters. The highest BCUT2D eigenvalue weighted by Gasteiger charge is 2.21. The molecule has 2 rings (SSSR count). The molecule has 17 heavy (non-hydrogen) atoms. The Morgan fingerprint density at radius 1 is 1.65 bits per heavy atom. The summed E-state index contributed by atoms with van der Waals surface area (Å²) >= 11 is 5.61. The molecule has 2 aromatic heterocycles. The van der Waals surface area contributed by atoms with E-state index in [9.17, 15) is 4.79 Å². The first-order valence-corrected chi connectivity index (χ1v) is 6.69. The first-order chi connectivity index (χ1) is 8.24. The second-order valence-electron chi connectivity index (χ2n) is 3.45. The first-order valence-electron chi connectivity index (χ1n) is 5.12. The molecule has 6 heteroatoms. The highest BCUT2D eigenvalue weighted by Crippen LogP contribution is 2.26. The summed E-state index contributed by atoms with van der Waals surface area (Å²) in [6.07, 6.45) is 0. The highest BCUT2D eigenvalue weighted by atomic mass is 32.1. The van der Waals surface area contributed by atoms with Crippen LogP contribution in [0.15, 0.2) is 21.3 Å². The topological polar surface area (TPSA) is 55.1 Å². The fraction of sp³-hybridized carbons (Fsp3) is 0.273. The van der Waals surface area contributed by atoms with Crippen molar-refractivity contribution >= 4 is 29.9 Å². The molecule has 90 valence electrons. The molecule has 0 aliphatic carbocycles. The van der Waals surface area contributed by atoms with Crippen LogP contribution in [0.25, 0.3) is 11.3 Å². The molecule has 4 nitrogen and oxygen atoms in total. The van der Waals surface area contributed by atoms with Crippen molar-refractivity contribution in [2.24, 2.45) is 0 Å². The monoisotopic (exact) mass is 268 g/mol. The number of thiophene rings is 1. The number of nitrogens with one attached hydrogen (secondary N) is 1. The van der Waals surface area contributed by atoms with Crippen LogP contribution in [0, 0.1) is 6.92 Å². The molecule has 2 heterocycles. The minimum Gasteiger partial charge on any atom is -0.360 e. The third-order valence-corrected chi connectivity index (χ3v) is 3.19. The maximum absolute atomic E-state index is 12.0. The smallest absolute Gasteiger partial charge is 0.257 e. The lowest BCUT2D eigenvalue weighted by molar-refractivity contribution is 0.0955. The summed E-state index contributed by atoms with van der Waals surface area (Å²) in [5.74, 6) is 0.964. The number of aryl methyl sites for hydroxylation is 1. The van der Waals surface area contributed by atoms with Gasteiger partial charge < -0.3 is 9.84 Å². The Kier molecular flexibility index (Phi) is 3.86. The van der Waals surface area contributed by atoms with Gasteiger partial charge in [-0.25, -0.2) is 0 Å². The van der Waals surface area contributed by atoms with Gasteiger partial charge in [-0.1, -0.05) is 5.16 Å². The van der Waals surface area contributed by atoms with E-state index in [0.29, 0.717) is 29.3 Å². The van der Waals surface area contributed by atoms with Crippen molar-refractivity contribution in [1.29, 1.82) is 0 Å². The van der Waals surface area contributed by atoms with Gasteiger partial charge in [0.25, 0.3) is 5.91 Å². The Morgan fingerprint density at radius 2 is 2.47 bits per heavy atom. The lowest BCUT2D eigenvalue weighted by Crippen LogP contribution is -2.26. The molecule has 0 atom stereocenters. The number of carbonyl (C=O) groups is 1. The van der Waals surface area contributed by atoms with E-state index in [1.807, 2.05) is 16.8 Å². The lowest BCUT2D eigenvalue weighted by atomic mass is 10.1. The zero-order chi connectivity index (χ0) is 12.3. The van der Waals surface area contributed by atoms with Crippen LogP contribution in [0.2, 0.25) is 0 Å². The summed E-state index contributed by atoms with van der Waals surface area (Å²) in [5, 5.41) is 10.6. The summed E-state index contributed by atoms with van der Waals surface area (Å²) in [4.78, 5) is 12.0. The van der Waals surface area contributed by atoms with E-state index in [1.165, 1.54) is 0 Å². The van der Waals surface area contributed by atoms with Gasteiger partial charge in [0.1, 0.15) is 17.0 Å². The third-order valence-electron chi connectivity index (χ3n) is 2.28. The molecule has 0 aromatic carbocycles. The number of hydrogen-bond donors (Lipinski definition) is 2. The maximum Gasteiger partial charge on any atom is 0.257 e. The van der Waals surface area contributed by atoms with Crippen molar-refractivity contribution in [2.75, 3.05) is 12.3 Å². The van der Waals surface area contributed by atoms with Gasteiger partial charge in [0.2, 0.25) is 0 Å². The standard InChI is InChI=1S/C11H12N2O2S2/c1-7-9(11(14)12-3-4-16)10(13-15-7)8-2-5-17-6-8/h2,5-6,16H,3-4H2,1H3,(H,12,14). The van der Waals surface area contributed by atoms with Crippen LogP contribution >= 0.6 is 24.0 Å². The molecule has 0 aliphatic heterocycles. The zero-order valence-electron chi connectivity index (χ0n) is 9.27. The van der Waals surface area contributed by atoms with Crippen LogP contribution in [0.5, 0.6) is 0 Å². The van der Waals surface area contributed by atoms with Crippen LogP contribution < -0.4 is 5.32 Å². The molecule has 1 N–H and O–H groups in total. The first kappa shape index (κ1) is 12.2. The average Bonchev–Trinajstić information content (AvgIpc) is 2.94. The molecular formula is C11H12N2O2S2. The fourth-order valence-corrected chi connectivity index (χ4v) is 2.25. The van der Waals surface area contributed by atoms with Gasteiger partial charge in [-0.15, -0.1) is 0 Å². The van der Waals surface area contributed by atoms with E-state index in [1.54, 1.807) is 18.3 Å². The fourth-order valence-electron chi connectivity index (χ4n) is 1.49. The second kappa shape index (κ2) is 5.37. The molecule has 2 aromatic rings. The second-order valence-corrected chi connectivity index (χ2v) is 4.68. The van der Waals surface area contributed by atoms with Crippen molar-refractivity contribution in [3.63, 3.8) is 0 Å². The minimum atomic E-state index is -0.168. The van der Waals surface area contributed by atoms with Gasteiger partial charge in [-0.2, -0.15) is 24.0 Å². The van der Waals surface area contributed by atoms with Crippen molar-refractivity contribution < 1.29 is 9.32 Å². The number of amides is 1. The van der Waals surface area contributed by atoms with Gasteiger partial charge in [0, 0.05) is 23.2 Å². The molecule has 0 saturated carbocycles. The van der Waals surface area contributed by atoms with Crippen molar-refractivity contribution in [3.05, 3.63) is 28.2 Å². The zero-order valence-corrected chi connectivity index (χ0v) is 11.0. The summed E-state index contributed by atoms with van der Waals surface area (Å²) in [7, 11) is 0. The average molecular weight is 268 g/mol. The van der Waals surface area contributed by atoms with Crippen molar-refractivity contribution in [1.82, 2.24) is 10.5 Å². The largest absolute Gasteiger partial charge is 0.360 e. The third kappa shape index (κ3) is 2.53. The summed E-state index contributed by atoms with van der Waals surface area (Å²) < 4.78 is 5.10. The Labute approximate surface area is 108 Å². The van der Waals surface area contributed by atoms with Crippen LogP contribution in [-0.2, 0) is 0 Å². The molecule has 0 spiro atoms. The summed E-state index contributed by atoms with van der Waals surface area (Å²) in [5.41, 5.74) is 2.01. The number of carbonyl (C=O) groups excluding carboxylic acids is 1. The lowest BCUT2D eigenvalue weighted by Gasteiger charge is -2.02. The summed E-state index contributed by atoms with van der Waals surface area (Å²) in [6.45, 7) is 2.26. The summed E-state index contributed by atoms with van der Waals surface area (Å²) in [6, 6.07) is 1.91. The van der Waals surface area contributed by atoms with Gasteiger partial charge in [-0.3, -0.25) is 4.79 Å². The Balaban J connectivity index is 2.33. The number of thiol groups is 1. The molecule has 1 amide bonds. The maximum atomic E-state index is 12.0. The van der Waals surface area contributed by atoms with E-state index >= 15 is 0 Å². The van der Waals surface area contributed by atoms with Crippen LogP contribution in [-0.4, -0.2) is 23.4 Å². The number of aromatic nitrogens is 1. The SMILES string of the molecule is Cc1onc(-c2ccsc2)c1C(=O)NCCS. The van der Waals surface area contributed by atoms with Crippen LogP contribution in [0.3, 0.4) is 0 Å². The highest BCUT2D eigenvalue weighted by molar-refractivity contribution is 7.80. The molecular weight excluding hydrogens is 256 g/mol. The van der Waals surface area contributed by atoms with Gasteiger partial charge >= 0.3 is 0 Å². The minimum absolute atomic E-state index is 0.168. The molecule has 0 fully saturated rings. The molecule has 0 saturated heterocycles. The van der Waals surface area contributed by atoms with E-state index in [0.717, 1.165) is 5.56 Å². The Hall–Kier alpha value is -1.27. The Bertz CT molecular complexity index is 506. The van der Waals surface area contributed by atoms with Gasteiger partial charge in [-0.05, 0) is 18.4 Å². The van der Waals surface area contributed by atoms with Gasteiger partial charge in [0.05, 0.1) is 0 Å². The van der Waals surface area contributed by atoms with E-state index in [4.69, 9.17) is 4.52 Å². The normalized spacial score (nSPS) is 10.5. The molecule has 0 bridgehead atoms. The number of hydrogen-bond acceptors (Lipinski definition) is 5. The Morgan fingerprint density at radius 3 is 3.12 bits per heavy atom. The number of rotatable bonds is 4. The van der Waals surface area contributed by atoms with Gasteiger partial charge in [0.15, 0.2) is 0 Å². The number of nitrogens with zero attached hydrogens (tertiary/aromatic N) is 1.